The van der Waals surface area contributed by atoms with Gasteiger partial charge in [0.2, 0.25) is 10.0 Å². The lowest BCUT2D eigenvalue weighted by Gasteiger charge is -2.14. The van der Waals surface area contributed by atoms with Crippen molar-refractivity contribution >= 4 is 27.5 Å². The predicted molar refractivity (Wildman–Crippen MR) is 89.5 cm³/mol. The molecule has 0 saturated carbocycles. The summed E-state index contributed by atoms with van der Waals surface area (Å²) in [5, 5.41) is 3.07. The highest BCUT2D eigenvalue weighted by molar-refractivity contribution is 7.89. The summed E-state index contributed by atoms with van der Waals surface area (Å²) in [6.07, 6.45) is 2.47. The van der Waals surface area contributed by atoms with E-state index in [0.717, 1.165) is 23.9 Å². The van der Waals surface area contributed by atoms with Gasteiger partial charge in [-0.3, -0.25) is 4.79 Å². The van der Waals surface area contributed by atoms with Crippen LogP contribution in [0.1, 0.15) is 23.2 Å². The fraction of sp³-hybridized carbons (Fsp3) is 0.533. The summed E-state index contributed by atoms with van der Waals surface area (Å²) in [7, 11) is -0.699. The second-order valence-corrected chi connectivity index (χ2v) is 8.45. The van der Waals surface area contributed by atoms with Crippen molar-refractivity contribution in [1.82, 2.24) is 9.62 Å². The number of nitrogens with zero attached hydrogens (tertiary/aromatic N) is 1. The van der Waals surface area contributed by atoms with E-state index in [1.54, 1.807) is 0 Å². The lowest BCUT2D eigenvalue weighted by atomic mass is 10.2. The van der Waals surface area contributed by atoms with E-state index in [2.05, 4.69) is 5.32 Å². The number of nitrogens with one attached hydrogen (secondary N) is 2. The lowest BCUT2D eigenvalue weighted by molar-refractivity contribution is -0.886. The van der Waals surface area contributed by atoms with Crippen LogP contribution in [-0.2, 0) is 10.0 Å². The summed E-state index contributed by atoms with van der Waals surface area (Å²) >= 11 is 6.05. The number of amides is 1. The highest BCUT2D eigenvalue weighted by Crippen LogP contribution is 2.22. The third kappa shape index (κ3) is 4.44. The second kappa shape index (κ2) is 7.61. The molecule has 0 aromatic heterocycles. The molecule has 1 aromatic carbocycles. The fourth-order valence-corrected chi connectivity index (χ4v) is 3.75. The van der Waals surface area contributed by atoms with E-state index < -0.39 is 10.0 Å². The zero-order chi connectivity index (χ0) is 17.0. The van der Waals surface area contributed by atoms with E-state index in [0.29, 0.717) is 6.54 Å². The van der Waals surface area contributed by atoms with Gasteiger partial charge in [0.25, 0.3) is 5.91 Å². The van der Waals surface area contributed by atoms with Crippen molar-refractivity contribution in [3.05, 3.63) is 28.8 Å². The molecule has 0 bridgehead atoms. The van der Waals surface area contributed by atoms with Gasteiger partial charge in [-0.1, -0.05) is 11.6 Å². The van der Waals surface area contributed by atoms with Crippen molar-refractivity contribution in [2.24, 2.45) is 0 Å². The third-order valence-corrected chi connectivity index (χ3v) is 6.18. The van der Waals surface area contributed by atoms with Gasteiger partial charge in [-0.15, -0.1) is 0 Å². The Hall–Kier alpha value is -1.15. The molecule has 1 amide bonds. The van der Waals surface area contributed by atoms with Gasteiger partial charge in [0.15, 0.2) is 0 Å². The van der Waals surface area contributed by atoms with Gasteiger partial charge in [0.05, 0.1) is 41.7 Å². The van der Waals surface area contributed by atoms with Crippen LogP contribution in [0.5, 0.6) is 0 Å². The highest BCUT2D eigenvalue weighted by Gasteiger charge is 2.21. The molecular formula is C15H23ClN3O3S+. The smallest absolute Gasteiger partial charge is 0.253 e. The first-order valence-electron chi connectivity index (χ1n) is 7.66. The summed E-state index contributed by atoms with van der Waals surface area (Å²) < 4.78 is 25.4. The van der Waals surface area contributed by atoms with E-state index in [-0.39, 0.29) is 21.4 Å². The van der Waals surface area contributed by atoms with Crippen LogP contribution in [0.4, 0.5) is 0 Å². The molecule has 2 rings (SSSR count). The van der Waals surface area contributed by atoms with Gasteiger partial charge in [-0.2, -0.15) is 0 Å². The van der Waals surface area contributed by atoms with Crippen LogP contribution in [0.3, 0.4) is 0 Å². The molecule has 1 aliphatic heterocycles. The Morgan fingerprint density at radius 1 is 1.30 bits per heavy atom. The molecule has 0 spiro atoms. The van der Waals surface area contributed by atoms with E-state index in [1.165, 1.54) is 50.0 Å². The maximum atomic E-state index is 12.3. The van der Waals surface area contributed by atoms with Crippen LogP contribution in [-0.4, -0.2) is 58.9 Å². The molecule has 0 atom stereocenters. The molecule has 0 unspecified atom stereocenters. The summed E-state index contributed by atoms with van der Waals surface area (Å²) in [5.74, 6) is -0.343. The van der Waals surface area contributed by atoms with Crippen LogP contribution in [0.2, 0.25) is 5.02 Å². The minimum Gasteiger partial charge on any atom is -0.346 e. The standard InChI is InChI=1S/C15H22ClN3O3S/c1-18(2)23(21,22)12-5-6-14(16)13(11-12)15(20)17-7-10-19-8-3-4-9-19/h5-6,11H,3-4,7-10H2,1-2H3,(H,17,20)/p+1. The molecule has 6 nitrogen and oxygen atoms in total. The molecule has 23 heavy (non-hydrogen) atoms. The molecule has 1 aromatic rings. The van der Waals surface area contributed by atoms with Crippen molar-refractivity contribution in [2.45, 2.75) is 17.7 Å². The number of halogens is 1. The second-order valence-electron chi connectivity index (χ2n) is 5.89. The predicted octanol–water partition coefficient (Wildman–Crippen LogP) is -0.00120. The van der Waals surface area contributed by atoms with Crippen molar-refractivity contribution in [3.63, 3.8) is 0 Å². The SMILES string of the molecule is CN(C)S(=O)(=O)c1ccc(Cl)c(C(=O)NCC[NH+]2CCCC2)c1. The number of carbonyl (C=O) groups is 1. The molecule has 1 heterocycles. The van der Waals surface area contributed by atoms with Gasteiger partial charge in [0.1, 0.15) is 0 Å². The maximum Gasteiger partial charge on any atom is 0.253 e. The Labute approximate surface area is 142 Å². The van der Waals surface area contributed by atoms with E-state index in [4.69, 9.17) is 11.6 Å². The number of sulfonamides is 1. The van der Waals surface area contributed by atoms with Crippen LogP contribution in [0.15, 0.2) is 23.1 Å². The Morgan fingerprint density at radius 3 is 2.57 bits per heavy atom. The van der Waals surface area contributed by atoms with E-state index in [1.807, 2.05) is 0 Å². The molecule has 1 saturated heterocycles. The van der Waals surface area contributed by atoms with Crippen molar-refractivity contribution in [2.75, 3.05) is 40.3 Å². The minimum atomic E-state index is -3.59. The highest BCUT2D eigenvalue weighted by atomic mass is 35.5. The molecule has 128 valence electrons. The van der Waals surface area contributed by atoms with Crippen molar-refractivity contribution in [1.29, 1.82) is 0 Å². The Bertz CT molecular complexity index is 671. The minimum absolute atomic E-state index is 0.0576. The third-order valence-electron chi connectivity index (χ3n) is 4.04. The Balaban J connectivity index is 2.07. The normalized spacial score (nSPS) is 16.0. The number of benzene rings is 1. The molecule has 2 N–H and O–H groups in total. The first-order valence-corrected chi connectivity index (χ1v) is 9.48. The van der Waals surface area contributed by atoms with Crippen molar-refractivity contribution < 1.29 is 18.1 Å². The maximum absolute atomic E-state index is 12.3. The monoisotopic (exact) mass is 360 g/mol. The molecule has 0 radical (unpaired) electrons. The first-order chi connectivity index (χ1) is 10.8. The zero-order valence-corrected chi connectivity index (χ0v) is 15.0. The number of likely N-dealkylation sites (tertiary alicyclic amines) is 1. The zero-order valence-electron chi connectivity index (χ0n) is 13.4. The molecule has 1 fully saturated rings. The van der Waals surface area contributed by atoms with Crippen LogP contribution in [0.25, 0.3) is 0 Å². The fourth-order valence-electron chi connectivity index (χ4n) is 2.62. The van der Waals surface area contributed by atoms with Crippen molar-refractivity contribution in [3.8, 4) is 0 Å². The van der Waals surface area contributed by atoms with Crippen LogP contribution >= 0.6 is 11.6 Å². The summed E-state index contributed by atoms with van der Waals surface area (Å²) in [6.45, 7) is 3.72. The van der Waals surface area contributed by atoms with E-state index >= 15 is 0 Å². The quantitative estimate of drug-likeness (QED) is 0.750. The topological polar surface area (TPSA) is 70.9 Å². The average Bonchev–Trinajstić information content (AvgIpc) is 3.00. The van der Waals surface area contributed by atoms with Crippen LogP contribution in [0, 0.1) is 0 Å². The Morgan fingerprint density at radius 2 is 1.96 bits per heavy atom. The van der Waals surface area contributed by atoms with Gasteiger partial charge in [0, 0.05) is 26.9 Å². The van der Waals surface area contributed by atoms with E-state index in [9.17, 15) is 13.2 Å². The number of hydrogen-bond acceptors (Lipinski definition) is 3. The van der Waals surface area contributed by atoms with Gasteiger partial charge in [-0.05, 0) is 18.2 Å². The number of quaternary nitrogens is 1. The molecule has 1 aliphatic rings. The average molecular weight is 361 g/mol. The summed E-state index contributed by atoms with van der Waals surface area (Å²) in [6, 6.07) is 4.18. The molecular weight excluding hydrogens is 338 g/mol. The largest absolute Gasteiger partial charge is 0.346 e. The molecule has 8 heteroatoms. The van der Waals surface area contributed by atoms with Gasteiger partial charge < -0.3 is 10.2 Å². The summed E-state index contributed by atoms with van der Waals surface area (Å²) in [5.41, 5.74) is 0.186. The Kier molecular flexibility index (Phi) is 6.02. The number of carbonyl (C=O) groups excluding carboxylic acids is 1. The molecule has 0 aliphatic carbocycles. The van der Waals surface area contributed by atoms with Gasteiger partial charge in [-0.25, -0.2) is 12.7 Å². The summed E-state index contributed by atoms with van der Waals surface area (Å²) in [4.78, 5) is 13.8. The lowest BCUT2D eigenvalue weighted by Crippen LogP contribution is -3.10. The van der Waals surface area contributed by atoms with Gasteiger partial charge >= 0.3 is 0 Å². The first kappa shape index (κ1) is 18.2. The number of rotatable bonds is 6. The number of hydrogen-bond donors (Lipinski definition) is 2. The van der Waals surface area contributed by atoms with Crippen LogP contribution < -0.4 is 10.2 Å².